The number of likely N-dealkylation sites (tertiary alicyclic amines) is 1. The van der Waals surface area contributed by atoms with Crippen molar-refractivity contribution in [3.05, 3.63) is 0 Å². The molecule has 1 amide bonds. The average molecular weight is 283 g/mol. The van der Waals surface area contributed by atoms with Gasteiger partial charge in [0.2, 0.25) is 5.91 Å². The van der Waals surface area contributed by atoms with Crippen molar-refractivity contribution in [2.24, 2.45) is 0 Å². The first kappa shape index (κ1) is 16.3. The van der Waals surface area contributed by atoms with Crippen LogP contribution in [0.15, 0.2) is 0 Å². The summed E-state index contributed by atoms with van der Waals surface area (Å²) in [6, 6.07) is 2.31. The number of nitrogens with zero attached hydrogens (tertiary/aromatic N) is 2. The molecule has 1 aliphatic rings. The summed E-state index contributed by atoms with van der Waals surface area (Å²) in [6.45, 7) is 3.92. The van der Waals surface area contributed by atoms with E-state index in [0.29, 0.717) is 6.42 Å². The molecule has 108 valence electrons. The maximum absolute atomic E-state index is 11.9. The van der Waals surface area contributed by atoms with E-state index in [9.17, 15) is 10.1 Å². The number of rotatable bonds is 7. The normalized spacial score (nSPS) is 18.8. The van der Waals surface area contributed by atoms with E-state index in [0.717, 1.165) is 37.4 Å². The maximum Gasteiger partial charge on any atom is 0.222 e. The highest BCUT2D eigenvalue weighted by molar-refractivity contribution is 7.99. The molecule has 1 heterocycles. The lowest BCUT2D eigenvalue weighted by Gasteiger charge is -2.36. The molecule has 0 radical (unpaired) electrons. The Hall–Kier alpha value is -0.730. The monoisotopic (exact) mass is 283 g/mol. The Morgan fingerprint density at radius 3 is 2.68 bits per heavy atom. The van der Waals surface area contributed by atoms with Crippen molar-refractivity contribution in [1.82, 2.24) is 10.2 Å². The summed E-state index contributed by atoms with van der Waals surface area (Å²) in [5.74, 6) is 2.00. The molecule has 0 bridgehead atoms. The van der Waals surface area contributed by atoms with Gasteiger partial charge in [-0.15, -0.1) is 0 Å². The molecule has 0 unspecified atom stereocenters. The van der Waals surface area contributed by atoms with Gasteiger partial charge in [-0.1, -0.05) is 13.3 Å². The van der Waals surface area contributed by atoms with E-state index in [-0.39, 0.29) is 5.91 Å². The van der Waals surface area contributed by atoms with E-state index in [2.05, 4.69) is 23.2 Å². The van der Waals surface area contributed by atoms with Gasteiger partial charge in [-0.25, -0.2) is 0 Å². The van der Waals surface area contributed by atoms with Gasteiger partial charge in [0, 0.05) is 25.3 Å². The summed E-state index contributed by atoms with van der Waals surface area (Å²) in [5.41, 5.74) is -0.627. The molecule has 5 heteroatoms. The van der Waals surface area contributed by atoms with Crippen LogP contribution in [-0.2, 0) is 4.79 Å². The molecular formula is C14H25N3OS. The molecule has 1 N–H and O–H groups in total. The number of nitrogens with one attached hydrogen (secondary N) is 1. The quantitative estimate of drug-likeness (QED) is 0.726. The van der Waals surface area contributed by atoms with Crippen molar-refractivity contribution in [3.8, 4) is 6.07 Å². The van der Waals surface area contributed by atoms with Crippen LogP contribution in [0.2, 0.25) is 0 Å². The number of hydrogen-bond donors (Lipinski definition) is 1. The summed E-state index contributed by atoms with van der Waals surface area (Å²) < 4.78 is 0. The van der Waals surface area contributed by atoms with E-state index >= 15 is 0 Å². The lowest BCUT2D eigenvalue weighted by atomic mass is 9.89. The van der Waals surface area contributed by atoms with Crippen molar-refractivity contribution >= 4 is 17.7 Å². The summed E-state index contributed by atoms with van der Waals surface area (Å²) in [7, 11) is 2.05. The van der Waals surface area contributed by atoms with Gasteiger partial charge in [0.05, 0.1) is 6.07 Å². The van der Waals surface area contributed by atoms with Gasteiger partial charge < -0.3 is 10.2 Å². The number of amides is 1. The molecule has 0 saturated carbocycles. The molecular weight excluding hydrogens is 258 g/mol. The topological polar surface area (TPSA) is 56.1 Å². The van der Waals surface area contributed by atoms with E-state index in [1.54, 1.807) is 0 Å². The van der Waals surface area contributed by atoms with Crippen LogP contribution in [0, 0.1) is 11.3 Å². The van der Waals surface area contributed by atoms with Crippen LogP contribution in [-0.4, -0.2) is 48.0 Å². The summed E-state index contributed by atoms with van der Waals surface area (Å²) in [5, 5.41) is 12.3. The maximum atomic E-state index is 11.9. The first-order chi connectivity index (χ1) is 9.12. The van der Waals surface area contributed by atoms with E-state index < -0.39 is 5.54 Å². The van der Waals surface area contributed by atoms with Crippen LogP contribution < -0.4 is 5.32 Å². The van der Waals surface area contributed by atoms with Crippen LogP contribution in [0.5, 0.6) is 0 Å². The molecule has 0 spiro atoms. The Kier molecular flexibility index (Phi) is 7.25. The van der Waals surface area contributed by atoms with Crippen molar-refractivity contribution in [2.75, 3.05) is 31.6 Å². The second kappa shape index (κ2) is 8.44. The van der Waals surface area contributed by atoms with Gasteiger partial charge in [-0.05, 0) is 32.1 Å². The van der Waals surface area contributed by atoms with Crippen LogP contribution in [0.25, 0.3) is 0 Å². The molecule has 19 heavy (non-hydrogen) atoms. The van der Waals surface area contributed by atoms with E-state index in [1.807, 2.05) is 18.8 Å². The minimum Gasteiger partial charge on any atom is -0.338 e. The third kappa shape index (κ3) is 5.84. The second-order valence-corrected chi connectivity index (χ2v) is 6.49. The van der Waals surface area contributed by atoms with Gasteiger partial charge >= 0.3 is 0 Å². The largest absolute Gasteiger partial charge is 0.338 e. The van der Waals surface area contributed by atoms with Crippen molar-refractivity contribution in [1.29, 1.82) is 5.26 Å². The Bertz CT molecular complexity index is 319. The predicted molar refractivity (Wildman–Crippen MR) is 80.1 cm³/mol. The number of unbranched alkanes of at least 4 members (excludes halogenated alkanes) is 1. The fourth-order valence-corrected chi connectivity index (χ4v) is 3.13. The molecule has 0 aromatic carbocycles. The van der Waals surface area contributed by atoms with E-state index in [4.69, 9.17) is 0 Å². The zero-order valence-corrected chi connectivity index (χ0v) is 12.9. The highest BCUT2D eigenvalue weighted by Crippen LogP contribution is 2.21. The summed E-state index contributed by atoms with van der Waals surface area (Å²) in [4.78, 5) is 14.1. The first-order valence-corrected chi connectivity index (χ1v) is 8.26. The van der Waals surface area contributed by atoms with Crippen LogP contribution >= 0.6 is 11.8 Å². The van der Waals surface area contributed by atoms with Gasteiger partial charge in [0.1, 0.15) is 5.54 Å². The Labute approximate surface area is 120 Å². The number of carbonyl (C=O) groups is 1. The molecule has 0 atom stereocenters. The minimum atomic E-state index is -0.627. The zero-order valence-electron chi connectivity index (χ0n) is 12.1. The molecule has 0 aromatic heterocycles. The first-order valence-electron chi connectivity index (χ1n) is 7.10. The molecule has 1 fully saturated rings. The lowest BCUT2D eigenvalue weighted by molar-refractivity contribution is -0.122. The third-order valence-corrected chi connectivity index (χ3v) is 4.62. The highest BCUT2D eigenvalue weighted by Gasteiger charge is 2.34. The number of nitriles is 1. The standard InChI is InChI=1S/C14H25N3OS/c1-3-4-10-19-11-5-13(18)16-14(12-15)6-8-17(2)9-7-14/h3-11H2,1-2H3,(H,16,18). The molecule has 1 saturated heterocycles. The Morgan fingerprint density at radius 2 is 2.11 bits per heavy atom. The Balaban J connectivity index is 2.28. The van der Waals surface area contributed by atoms with Crippen LogP contribution in [0.1, 0.15) is 39.0 Å². The summed E-state index contributed by atoms with van der Waals surface area (Å²) in [6.07, 6.45) is 4.39. The lowest BCUT2D eigenvalue weighted by Crippen LogP contribution is -2.53. The van der Waals surface area contributed by atoms with Gasteiger partial charge in [0.25, 0.3) is 0 Å². The molecule has 1 aliphatic heterocycles. The predicted octanol–water partition coefficient (Wildman–Crippen LogP) is 2.01. The van der Waals surface area contributed by atoms with Gasteiger partial charge in [-0.3, -0.25) is 4.79 Å². The van der Waals surface area contributed by atoms with Crippen molar-refractivity contribution in [3.63, 3.8) is 0 Å². The van der Waals surface area contributed by atoms with E-state index in [1.165, 1.54) is 12.8 Å². The molecule has 0 aliphatic carbocycles. The Morgan fingerprint density at radius 1 is 1.42 bits per heavy atom. The number of thioether (sulfide) groups is 1. The van der Waals surface area contributed by atoms with Gasteiger partial charge in [0.15, 0.2) is 0 Å². The highest BCUT2D eigenvalue weighted by atomic mass is 32.2. The zero-order chi connectivity index (χ0) is 14.1. The number of hydrogen-bond acceptors (Lipinski definition) is 4. The van der Waals surface area contributed by atoms with Gasteiger partial charge in [-0.2, -0.15) is 17.0 Å². The molecule has 1 rings (SSSR count). The number of carbonyl (C=O) groups excluding carboxylic acids is 1. The second-order valence-electron chi connectivity index (χ2n) is 5.26. The average Bonchev–Trinajstić information content (AvgIpc) is 2.41. The van der Waals surface area contributed by atoms with Crippen LogP contribution in [0.4, 0.5) is 0 Å². The number of piperidine rings is 1. The minimum absolute atomic E-state index is 0.0232. The summed E-state index contributed by atoms with van der Waals surface area (Å²) >= 11 is 1.82. The van der Waals surface area contributed by atoms with Crippen molar-refractivity contribution in [2.45, 2.75) is 44.6 Å². The third-order valence-electron chi connectivity index (χ3n) is 3.55. The molecule has 4 nitrogen and oxygen atoms in total. The van der Waals surface area contributed by atoms with Crippen LogP contribution in [0.3, 0.4) is 0 Å². The fraction of sp³-hybridized carbons (Fsp3) is 0.857. The SMILES string of the molecule is CCCCSCCC(=O)NC1(C#N)CCN(C)CC1. The van der Waals surface area contributed by atoms with Crippen molar-refractivity contribution < 1.29 is 4.79 Å². The molecule has 0 aromatic rings. The fourth-order valence-electron chi connectivity index (χ4n) is 2.11. The smallest absolute Gasteiger partial charge is 0.222 e.